The van der Waals surface area contributed by atoms with Gasteiger partial charge >= 0.3 is 0 Å². The normalized spacial score (nSPS) is 15.5. The first-order valence-electron chi connectivity index (χ1n) is 3.61. The highest BCUT2D eigenvalue weighted by atomic mass is 16.7. The number of rotatable bonds is 6. The maximum atomic E-state index is 5.21. The van der Waals surface area contributed by atoms with Gasteiger partial charge in [-0.2, -0.15) is 0 Å². The Labute approximate surface area is 67.9 Å². The zero-order chi connectivity index (χ0) is 8.69. The van der Waals surface area contributed by atoms with Crippen LogP contribution in [0.3, 0.4) is 0 Å². The van der Waals surface area contributed by atoms with E-state index in [4.69, 9.17) is 14.2 Å². The summed E-state index contributed by atoms with van der Waals surface area (Å²) in [6.45, 7) is 7.69. The molecule has 0 heterocycles. The van der Waals surface area contributed by atoms with Crippen molar-refractivity contribution < 1.29 is 14.2 Å². The highest BCUT2D eigenvalue weighted by Gasteiger charge is 2.03. The molecule has 0 saturated heterocycles. The van der Waals surface area contributed by atoms with Gasteiger partial charge in [0, 0.05) is 7.11 Å². The Morgan fingerprint density at radius 1 is 1.45 bits per heavy atom. The summed E-state index contributed by atoms with van der Waals surface area (Å²) in [6, 6.07) is 0. The SMILES string of the molecule is C=COC(C)COC(C)OC. The molecule has 2 atom stereocenters. The Kier molecular flexibility index (Phi) is 5.88. The Hall–Kier alpha value is -0.540. The van der Waals surface area contributed by atoms with Gasteiger partial charge in [0.2, 0.25) is 0 Å². The fraction of sp³-hybridized carbons (Fsp3) is 0.750. The predicted octanol–water partition coefficient (Wildman–Crippen LogP) is 1.54. The zero-order valence-electron chi connectivity index (χ0n) is 7.37. The van der Waals surface area contributed by atoms with E-state index in [9.17, 15) is 0 Å². The molecule has 0 N–H and O–H groups in total. The van der Waals surface area contributed by atoms with Crippen molar-refractivity contribution in [2.45, 2.75) is 26.2 Å². The van der Waals surface area contributed by atoms with E-state index in [1.54, 1.807) is 7.11 Å². The van der Waals surface area contributed by atoms with Gasteiger partial charge in [-0.15, -0.1) is 0 Å². The van der Waals surface area contributed by atoms with E-state index in [1.165, 1.54) is 6.26 Å². The number of methoxy groups -OCH3 is 1. The minimum absolute atomic E-state index is 0.0325. The van der Waals surface area contributed by atoms with Gasteiger partial charge in [-0.3, -0.25) is 0 Å². The Morgan fingerprint density at radius 2 is 2.09 bits per heavy atom. The lowest BCUT2D eigenvalue weighted by Gasteiger charge is -2.15. The van der Waals surface area contributed by atoms with Crippen LogP contribution in [0.25, 0.3) is 0 Å². The third kappa shape index (κ3) is 5.88. The van der Waals surface area contributed by atoms with Gasteiger partial charge in [-0.25, -0.2) is 0 Å². The first-order valence-corrected chi connectivity index (χ1v) is 3.61. The molecule has 66 valence electrons. The van der Waals surface area contributed by atoms with Crippen molar-refractivity contribution in [3.05, 3.63) is 12.8 Å². The third-order valence-electron chi connectivity index (χ3n) is 1.23. The predicted molar refractivity (Wildman–Crippen MR) is 43.2 cm³/mol. The summed E-state index contributed by atoms with van der Waals surface area (Å²) in [6.07, 6.45) is 1.27. The van der Waals surface area contributed by atoms with Crippen LogP contribution >= 0.6 is 0 Å². The first kappa shape index (κ1) is 10.5. The smallest absolute Gasteiger partial charge is 0.154 e. The fourth-order valence-corrected chi connectivity index (χ4v) is 0.543. The quantitative estimate of drug-likeness (QED) is 0.436. The summed E-state index contributed by atoms with van der Waals surface area (Å²) in [7, 11) is 1.60. The molecule has 0 radical (unpaired) electrons. The van der Waals surface area contributed by atoms with Crippen molar-refractivity contribution in [2.75, 3.05) is 13.7 Å². The molecular formula is C8H16O3. The molecule has 0 aliphatic rings. The van der Waals surface area contributed by atoms with Crippen LogP contribution in [-0.2, 0) is 14.2 Å². The van der Waals surface area contributed by atoms with Crippen molar-refractivity contribution in [1.82, 2.24) is 0 Å². The molecule has 0 bridgehead atoms. The van der Waals surface area contributed by atoms with E-state index in [0.717, 1.165) is 0 Å². The summed E-state index contributed by atoms with van der Waals surface area (Å²) >= 11 is 0. The van der Waals surface area contributed by atoms with Crippen LogP contribution in [0.1, 0.15) is 13.8 Å². The molecule has 0 aromatic rings. The largest absolute Gasteiger partial charge is 0.497 e. The monoisotopic (exact) mass is 160 g/mol. The Balaban J connectivity index is 3.29. The van der Waals surface area contributed by atoms with Crippen molar-refractivity contribution in [1.29, 1.82) is 0 Å². The lowest BCUT2D eigenvalue weighted by atomic mass is 10.4. The second-order valence-electron chi connectivity index (χ2n) is 2.25. The third-order valence-corrected chi connectivity index (χ3v) is 1.23. The van der Waals surface area contributed by atoms with Crippen LogP contribution in [0, 0.1) is 0 Å². The van der Waals surface area contributed by atoms with Crippen LogP contribution in [0.4, 0.5) is 0 Å². The highest BCUT2D eigenvalue weighted by molar-refractivity contribution is 4.55. The van der Waals surface area contributed by atoms with Crippen LogP contribution in [-0.4, -0.2) is 26.1 Å². The summed E-state index contributed by atoms with van der Waals surface area (Å²) in [5, 5.41) is 0. The molecule has 3 heteroatoms. The van der Waals surface area contributed by atoms with E-state index < -0.39 is 0 Å². The second kappa shape index (κ2) is 6.19. The molecule has 3 nitrogen and oxygen atoms in total. The Bertz CT molecular complexity index is 104. The topological polar surface area (TPSA) is 27.7 Å². The van der Waals surface area contributed by atoms with Gasteiger partial charge in [-0.05, 0) is 13.8 Å². The average molecular weight is 160 g/mol. The van der Waals surface area contributed by atoms with E-state index in [1.807, 2.05) is 13.8 Å². The minimum Gasteiger partial charge on any atom is -0.497 e. The molecule has 0 aromatic heterocycles. The van der Waals surface area contributed by atoms with Crippen molar-refractivity contribution in [3.63, 3.8) is 0 Å². The number of hydrogen-bond donors (Lipinski definition) is 0. The highest BCUT2D eigenvalue weighted by Crippen LogP contribution is 1.96. The minimum atomic E-state index is -0.175. The van der Waals surface area contributed by atoms with Gasteiger partial charge in [0.1, 0.15) is 6.10 Å². The van der Waals surface area contributed by atoms with E-state index in [-0.39, 0.29) is 12.4 Å². The molecule has 0 aliphatic heterocycles. The standard InChI is InChI=1S/C8H16O3/c1-5-10-7(2)6-11-8(3)9-4/h5,7-8H,1,6H2,2-4H3. The molecule has 11 heavy (non-hydrogen) atoms. The number of ether oxygens (including phenoxy) is 3. The van der Waals surface area contributed by atoms with Crippen LogP contribution in [0.5, 0.6) is 0 Å². The molecule has 0 spiro atoms. The van der Waals surface area contributed by atoms with Crippen molar-refractivity contribution >= 4 is 0 Å². The molecule has 2 unspecified atom stereocenters. The molecule has 0 amide bonds. The van der Waals surface area contributed by atoms with E-state index in [0.29, 0.717) is 6.61 Å². The molecule has 0 fully saturated rings. The molecule has 0 rings (SSSR count). The zero-order valence-corrected chi connectivity index (χ0v) is 7.37. The lowest BCUT2D eigenvalue weighted by molar-refractivity contribution is -0.128. The van der Waals surface area contributed by atoms with Gasteiger partial charge in [0.15, 0.2) is 6.29 Å². The van der Waals surface area contributed by atoms with Crippen LogP contribution in [0.2, 0.25) is 0 Å². The van der Waals surface area contributed by atoms with Gasteiger partial charge in [-0.1, -0.05) is 6.58 Å². The molecule has 0 saturated carbocycles. The molecular weight excluding hydrogens is 144 g/mol. The first-order chi connectivity index (χ1) is 5.20. The van der Waals surface area contributed by atoms with Gasteiger partial charge < -0.3 is 14.2 Å². The second-order valence-corrected chi connectivity index (χ2v) is 2.25. The maximum absolute atomic E-state index is 5.21. The van der Waals surface area contributed by atoms with Crippen LogP contribution in [0.15, 0.2) is 12.8 Å². The molecule has 0 aliphatic carbocycles. The maximum Gasteiger partial charge on any atom is 0.154 e. The average Bonchev–Trinajstić information content (AvgIpc) is 2.01. The van der Waals surface area contributed by atoms with E-state index >= 15 is 0 Å². The summed E-state index contributed by atoms with van der Waals surface area (Å²) in [5.74, 6) is 0. The van der Waals surface area contributed by atoms with Crippen molar-refractivity contribution in [2.24, 2.45) is 0 Å². The van der Waals surface area contributed by atoms with Gasteiger partial charge in [0.05, 0.1) is 12.9 Å². The summed E-state index contributed by atoms with van der Waals surface area (Å²) in [5.41, 5.74) is 0. The Morgan fingerprint density at radius 3 is 2.55 bits per heavy atom. The summed E-state index contributed by atoms with van der Waals surface area (Å²) in [4.78, 5) is 0. The van der Waals surface area contributed by atoms with Crippen molar-refractivity contribution in [3.8, 4) is 0 Å². The lowest BCUT2D eigenvalue weighted by Crippen LogP contribution is -2.19. The summed E-state index contributed by atoms with van der Waals surface area (Å²) < 4.78 is 15.1. The fourth-order valence-electron chi connectivity index (χ4n) is 0.543. The van der Waals surface area contributed by atoms with Crippen LogP contribution < -0.4 is 0 Å². The molecule has 0 aromatic carbocycles. The number of hydrogen-bond acceptors (Lipinski definition) is 3. The van der Waals surface area contributed by atoms with E-state index in [2.05, 4.69) is 6.58 Å². The van der Waals surface area contributed by atoms with Gasteiger partial charge in [0.25, 0.3) is 0 Å².